The number of rotatable bonds is 0. The third-order valence-corrected chi connectivity index (χ3v) is 1.88. The van der Waals surface area contributed by atoms with Crippen LogP contribution in [0.15, 0.2) is 60.7 Å². The molecule has 1 radical (unpaired) electrons. The van der Waals surface area contributed by atoms with Crippen LogP contribution in [0.25, 0.3) is 0 Å². The van der Waals surface area contributed by atoms with Gasteiger partial charge in [-0.2, -0.15) is 0 Å². The van der Waals surface area contributed by atoms with Crippen molar-refractivity contribution >= 4 is 0 Å². The first-order chi connectivity index (χ1) is 6.79. The van der Waals surface area contributed by atoms with Crippen molar-refractivity contribution in [3.05, 3.63) is 79.2 Å². The Hall–Kier alpha value is -0.300. The second-order valence-corrected chi connectivity index (χ2v) is 3.31. The second-order valence-electron chi connectivity index (χ2n) is 3.31. The molecule has 2 rings (SSSR count). The molecular formula is C15H19Ho-. The summed E-state index contributed by atoms with van der Waals surface area (Å²) in [6.07, 6.45) is 0. The van der Waals surface area contributed by atoms with Crippen molar-refractivity contribution in [1.29, 1.82) is 0 Å². The molecule has 0 amide bonds. The Balaban J connectivity index is 0. The average Bonchev–Trinajstić information content (AvgIpc) is 2.21. The van der Waals surface area contributed by atoms with Crippen LogP contribution in [0.3, 0.4) is 0 Å². The maximum Gasteiger partial charge on any atom is 0 e. The normalized spacial score (nSPS) is 7.62. The Morgan fingerprint density at radius 1 is 0.562 bits per heavy atom. The molecular weight excluding hydrogens is 345 g/mol. The smallest absolute Gasteiger partial charge is 0 e. The van der Waals surface area contributed by atoms with Crippen molar-refractivity contribution in [2.45, 2.75) is 13.8 Å². The van der Waals surface area contributed by atoms with E-state index in [1.54, 1.807) is 0 Å². The third-order valence-electron chi connectivity index (χ3n) is 1.88. The van der Waals surface area contributed by atoms with E-state index in [0.29, 0.717) is 0 Å². The topological polar surface area (TPSA) is 0 Å². The molecule has 16 heavy (non-hydrogen) atoms. The first-order valence-electron chi connectivity index (χ1n) is 4.82. The van der Waals surface area contributed by atoms with Crippen molar-refractivity contribution in [2.24, 2.45) is 0 Å². The molecule has 0 spiro atoms. The van der Waals surface area contributed by atoms with Gasteiger partial charge in [0.25, 0.3) is 0 Å². The Bertz CT molecular complexity index is 303. The Morgan fingerprint density at radius 2 is 0.812 bits per heavy atom. The molecule has 0 fully saturated rings. The zero-order valence-electron chi connectivity index (χ0n) is 10.1. The molecule has 0 N–H and O–H groups in total. The van der Waals surface area contributed by atoms with Gasteiger partial charge in [-0.25, -0.2) is 0 Å². The van der Waals surface area contributed by atoms with Crippen molar-refractivity contribution in [2.75, 3.05) is 0 Å². The standard InChI is InChI=1S/2C7H8.CH3.Ho/c2*1-7-5-3-2-4-6-7;;/h2*2-6H,1H3;1H3;/q;;-1;. The van der Waals surface area contributed by atoms with Crippen molar-refractivity contribution in [1.82, 2.24) is 0 Å². The number of hydrogen-bond donors (Lipinski definition) is 0. The van der Waals surface area contributed by atoms with Crippen molar-refractivity contribution in [3.8, 4) is 0 Å². The maximum atomic E-state index is 2.08. The van der Waals surface area contributed by atoms with Crippen LogP contribution in [0, 0.1) is 59.0 Å². The van der Waals surface area contributed by atoms with Gasteiger partial charge in [0.2, 0.25) is 0 Å². The van der Waals surface area contributed by atoms with Gasteiger partial charge < -0.3 is 7.43 Å². The van der Waals surface area contributed by atoms with Crippen LogP contribution in [0.1, 0.15) is 11.1 Å². The minimum Gasteiger partial charge on any atom is -0.358 e. The van der Waals surface area contributed by atoms with Crippen molar-refractivity contribution < 1.29 is 37.7 Å². The van der Waals surface area contributed by atoms with Gasteiger partial charge in [-0.15, -0.1) is 0 Å². The van der Waals surface area contributed by atoms with Crippen LogP contribution in [-0.2, 0) is 0 Å². The summed E-state index contributed by atoms with van der Waals surface area (Å²) in [4.78, 5) is 0. The fraction of sp³-hybridized carbons (Fsp3) is 0.133. The van der Waals surface area contributed by atoms with E-state index in [2.05, 4.69) is 38.1 Å². The fourth-order valence-electron chi connectivity index (χ4n) is 1.07. The summed E-state index contributed by atoms with van der Waals surface area (Å²) in [5.74, 6) is 0. The SMILES string of the molecule is Cc1ccccc1.Cc1ccccc1.[CH3-].[Ho]. The molecule has 0 heterocycles. The van der Waals surface area contributed by atoms with Crippen LogP contribution < -0.4 is 0 Å². The summed E-state index contributed by atoms with van der Waals surface area (Å²) < 4.78 is 0. The average molecular weight is 364 g/mol. The Kier molecular flexibility index (Phi) is 12.6. The molecule has 2 aromatic carbocycles. The van der Waals surface area contributed by atoms with Gasteiger partial charge in [0, 0.05) is 37.7 Å². The van der Waals surface area contributed by atoms with Gasteiger partial charge in [-0.3, -0.25) is 0 Å². The minimum absolute atomic E-state index is 0. The number of hydrogen-bond acceptors (Lipinski definition) is 0. The van der Waals surface area contributed by atoms with Crippen molar-refractivity contribution in [3.63, 3.8) is 0 Å². The summed E-state index contributed by atoms with van der Waals surface area (Å²) in [6.45, 7) is 4.17. The molecule has 0 saturated carbocycles. The van der Waals surface area contributed by atoms with E-state index < -0.39 is 0 Å². The molecule has 0 unspecified atom stereocenters. The van der Waals surface area contributed by atoms with E-state index in [-0.39, 0.29) is 45.2 Å². The molecule has 0 bridgehead atoms. The van der Waals surface area contributed by atoms with Gasteiger partial charge in [0.1, 0.15) is 0 Å². The zero-order chi connectivity index (χ0) is 10.2. The van der Waals surface area contributed by atoms with Gasteiger partial charge in [-0.1, -0.05) is 71.8 Å². The second kappa shape index (κ2) is 11.2. The molecule has 0 nitrogen and oxygen atoms in total. The minimum atomic E-state index is 0. The molecule has 0 saturated heterocycles. The molecule has 0 aliphatic carbocycles. The van der Waals surface area contributed by atoms with Gasteiger partial charge in [0.15, 0.2) is 0 Å². The summed E-state index contributed by atoms with van der Waals surface area (Å²) in [5, 5.41) is 0. The van der Waals surface area contributed by atoms with Gasteiger partial charge >= 0.3 is 0 Å². The van der Waals surface area contributed by atoms with Gasteiger partial charge in [0.05, 0.1) is 0 Å². The van der Waals surface area contributed by atoms with E-state index in [1.165, 1.54) is 11.1 Å². The number of aryl methyl sites for hydroxylation is 2. The summed E-state index contributed by atoms with van der Waals surface area (Å²) >= 11 is 0. The van der Waals surface area contributed by atoms with Crippen LogP contribution in [-0.4, -0.2) is 0 Å². The van der Waals surface area contributed by atoms with E-state index in [4.69, 9.17) is 0 Å². The van der Waals surface area contributed by atoms with Crippen LogP contribution in [0.5, 0.6) is 0 Å². The predicted octanol–water partition coefficient (Wildman–Crippen LogP) is 4.44. The molecule has 91 valence electrons. The third kappa shape index (κ3) is 8.96. The summed E-state index contributed by atoms with van der Waals surface area (Å²) in [7, 11) is 0. The van der Waals surface area contributed by atoms with Gasteiger partial charge in [-0.05, 0) is 13.8 Å². The zero-order valence-corrected chi connectivity index (χ0v) is 12.0. The molecule has 0 atom stereocenters. The summed E-state index contributed by atoms with van der Waals surface area (Å²) in [6, 6.07) is 20.5. The van der Waals surface area contributed by atoms with Crippen LogP contribution in [0.2, 0.25) is 0 Å². The van der Waals surface area contributed by atoms with E-state index in [1.807, 2.05) is 36.4 Å². The molecule has 1 heteroatoms. The summed E-state index contributed by atoms with van der Waals surface area (Å²) in [5.41, 5.74) is 2.64. The van der Waals surface area contributed by atoms with E-state index in [9.17, 15) is 0 Å². The first kappa shape index (κ1) is 18.1. The molecule has 0 aliphatic rings. The Morgan fingerprint density at radius 3 is 0.938 bits per heavy atom. The fourth-order valence-corrected chi connectivity index (χ4v) is 1.07. The Labute approximate surface area is 130 Å². The molecule has 0 aromatic heterocycles. The number of benzene rings is 2. The van der Waals surface area contributed by atoms with E-state index >= 15 is 0 Å². The maximum absolute atomic E-state index is 2.08. The van der Waals surface area contributed by atoms with E-state index in [0.717, 1.165) is 0 Å². The van der Waals surface area contributed by atoms with Crippen LogP contribution in [0.4, 0.5) is 0 Å². The quantitative estimate of drug-likeness (QED) is 0.479. The molecule has 0 aliphatic heterocycles. The first-order valence-corrected chi connectivity index (χ1v) is 4.82. The predicted molar refractivity (Wildman–Crippen MR) is 68.8 cm³/mol. The van der Waals surface area contributed by atoms with Crippen LogP contribution >= 0.6 is 0 Å². The monoisotopic (exact) mass is 364 g/mol. The molecule has 2 aromatic rings. The largest absolute Gasteiger partial charge is 0.358 e.